The van der Waals surface area contributed by atoms with Crippen molar-refractivity contribution in [2.45, 2.75) is 39.1 Å². The Morgan fingerprint density at radius 3 is 2.48 bits per heavy atom. The fourth-order valence-corrected chi connectivity index (χ4v) is 2.05. The predicted octanol–water partition coefficient (Wildman–Crippen LogP) is 4.05. The van der Waals surface area contributed by atoms with Gasteiger partial charge in [0.2, 0.25) is 0 Å². The summed E-state index contributed by atoms with van der Waals surface area (Å²) in [4.78, 5) is 0. The lowest BCUT2D eigenvalue weighted by Gasteiger charge is -2.22. The zero-order chi connectivity index (χ0) is 15.7. The summed E-state index contributed by atoms with van der Waals surface area (Å²) in [6, 6.07) is 5.98. The van der Waals surface area contributed by atoms with Crippen molar-refractivity contribution in [2.24, 2.45) is 0 Å². The fourth-order valence-electron chi connectivity index (χ4n) is 2.05. The third kappa shape index (κ3) is 6.82. The van der Waals surface area contributed by atoms with E-state index in [9.17, 15) is 13.2 Å². The van der Waals surface area contributed by atoms with E-state index in [2.05, 4.69) is 10.1 Å². The van der Waals surface area contributed by atoms with Gasteiger partial charge in [-0.2, -0.15) is 0 Å². The van der Waals surface area contributed by atoms with Crippen LogP contribution in [-0.4, -0.2) is 26.1 Å². The molecule has 0 saturated heterocycles. The number of halogens is 3. The molecular formula is C15H22F3NO2. The SMILES string of the molecule is CCCOCCC(NCC)c1ccccc1OC(F)(F)F. The molecule has 1 rings (SSSR count). The molecule has 1 atom stereocenters. The molecule has 0 aliphatic heterocycles. The van der Waals surface area contributed by atoms with Crippen LogP contribution in [0.2, 0.25) is 0 Å². The molecule has 0 amide bonds. The van der Waals surface area contributed by atoms with Gasteiger partial charge in [-0.1, -0.05) is 32.0 Å². The van der Waals surface area contributed by atoms with Crippen LogP contribution in [0.25, 0.3) is 0 Å². The van der Waals surface area contributed by atoms with E-state index in [4.69, 9.17) is 4.74 Å². The first kappa shape index (κ1) is 17.8. The number of hydrogen-bond donors (Lipinski definition) is 1. The predicted molar refractivity (Wildman–Crippen MR) is 75.3 cm³/mol. The molecule has 0 bridgehead atoms. The van der Waals surface area contributed by atoms with E-state index >= 15 is 0 Å². The lowest BCUT2D eigenvalue weighted by Crippen LogP contribution is -2.25. The van der Waals surface area contributed by atoms with Crippen molar-refractivity contribution < 1.29 is 22.6 Å². The van der Waals surface area contributed by atoms with Crippen molar-refractivity contribution in [1.82, 2.24) is 5.32 Å². The van der Waals surface area contributed by atoms with Crippen LogP contribution in [-0.2, 0) is 4.74 Å². The van der Waals surface area contributed by atoms with E-state index < -0.39 is 6.36 Å². The van der Waals surface area contributed by atoms with Crippen molar-refractivity contribution in [3.63, 3.8) is 0 Å². The highest BCUT2D eigenvalue weighted by Crippen LogP contribution is 2.31. The summed E-state index contributed by atoms with van der Waals surface area (Å²) in [6.45, 7) is 5.71. The Bertz CT molecular complexity index is 410. The lowest BCUT2D eigenvalue weighted by molar-refractivity contribution is -0.275. The zero-order valence-corrected chi connectivity index (χ0v) is 12.4. The van der Waals surface area contributed by atoms with Gasteiger partial charge in [0.05, 0.1) is 0 Å². The molecule has 0 saturated carbocycles. The molecule has 0 fully saturated rings. The Kier molecular flexibility index (Phi) is 7.53. The van der Waals surface area contributed by atoms with Gasteiger partial charge in [-0.05, 0) is 25.5 Å². The molecule has 0 aliphatic carbocycles. The first-order valence-electron chi connectivity index (χ1n) is 7.13. The summed E-state index contributed by atoms with van der Waals surface area (Å²) in [5.41, 5.74) is 0.497. The summed E-state index contributed by atoms with van der Waals surface area (Å²) >= 11 is 0. The van der Waals surface area contributed by atoms with Gasteiger partial charge in [-0.3, -0.25) is 0 Å². The van der Waals surface area contributed by atoms with Gasteiger partial charge in [0, 0.05) is 24.8 Å². The molecular weight excluding hydrogens is 283 g/mol. The van der Waals surface area contributed by atoms with Gasteiger partial charge in [0.15, 0.2) is 0 Å². The van der Waals surface area contributed by atoms with Crippen molar-refractivity contribution >= 4 is 0 Å². The maximum Gasteiger partial charge on any atom is 0.573 e. The van der Waals surface area contributed by atoms with Crippen molar-refractivity contribution in [1.29, 1.82) is 0 Å². The smallest absolute Gasteiger partial charge is 0.405 e. The van der Waals surface area contributed by atoms with Crippen LogP contribution in [0.1, 0.15) is 38.3 Å². The summed E-state index contributed by atoms with van der Waals surface area (Å²) in [5, 5.41) is 3.17. The van der Waals surface area contributed by atoms with E-state index in [1.807, 2.05) is 13.8 Å². The number of benzene rings is 1. The van der Waals surface area contributed by atoms with Crippen molar-refractivity contribution in [2.75, 3.05) is 19.8 Å². The lowest BCUT2D eigenvalue weighted by atomic mass is 10.0. The fraction of sp³-hybridized carbons (Fsp3) is 0.600. The molecule has 0 heterocycles. The second-order valence-electron chi connectivity index (χ2n) is 4.60. The highest BCUT2D eigenvalue weighted by atomic mass is 19.4. The average molecular weight is 305 g/mol. The Morgan fingerprint density at radius 1 is 1.14 bits per heavy atom. The zero-order valence-electron chi connectivity index (χ0n) is 12.4. The number of alkyl halides is 3. The normalized spacial score (nSPS) is 13.2. The van der Waals surface area contributed by atoms with E-state index in [0.29, 0.717) is 31.7 Å². The van der Waals surface area contributed by atoms with Crippen molar-refractivity contribution in [3.05, 3.63) is 29.8 Å². The summed E-state index contributed by atoms with van der Waals surface area (Å²) < 4.78 is 46.9. The minimum Gasteiger partial charge on any atom is -0.405 e. The number of nitrogens with one attached hydrogen (secondary N) is 1. The summed E-state index contributed by atoms with van der Waals surface area (Å²) in [5.74, 6) is -0.161. The van der Waals surface area contributed by atoms with Gasteiger partial charge < -0.3 is 14.8 Å². The molecule has 1 aromatic rings. The van der Waals surface area contributed by atoms with E-state index in [1.165, 1.54) is 12.1 Å². The molecule has 120 valence electrons. The summed E-state index contributed by atoms with van der Waals surface area (Å²) in [6.07, 6.45) is -3.18. The molecule has 0 aromatic heterocycles. The molecule has 1 aromatic carbocycles. The monoisotopic (exact) mass is 305 g/mol. The quantitative estimate of drug-likeness (QED) is 0.698. The summed E-state index contributed by atoms with van der Waals surface area (Å²) in [7, 11) is 0. The van der Waals surface area contributed by atoms with E-state index in [0.717, 1.165) is 6.42 Å². The van der Waals surface area contributed by atoms with Crippen LogP contribution >= 0.6 is 0 Å². The molecule has 6 heteroatoms. The van der Waals surface area contributed by atoms with Gasteiger partial charge >= 0.3 is 6.36 Å². The van der Waals surface area contributed by atoms with Gasteiger partial charge in [-0.15, -0.1) is 13.2 Å². The maximum atomic E-state index is 12.5. The second kappa shape index (κ2) is 8.89. The van der Waals surface area contributed by atoms with Crippen LogP contribution in [0, 0.1) is 0 Å². The van der Waals surface area contributed by atoms with Crippen molar-refractivity contribution in [3.8, 4) is 5.75 Å². The number of rotatable bonds is 9. The minimum atomic E-state index is -4.69. The maximum absolute atomic E-state index is 12.5. The molecule has 3 nitrogen and oxygen atoms in total. The van der Waals surface area contributed by atoms with E-state index in [1.54, 1.807) is 12.1 Å². The molecule has 21 heavy (non-hydrogen) atoms. The Labute approximate surface area is 123 Å². The first-order valence-corrected chi connectivity index (χ1v) is 7.13. The van der Waals surface area contributed by atoms with Gasteiger partial charge in [-0.25, -0.2) is 0 Å². The second-order valence-corrected chi connectivity index (χ2v) is 4.60. The first-order chi connectivity index (χ1) is 9.98. The third-order valence-electron chi connectivity index (χ3n) is 2.87. The number of para-hydroxylation sites is 1. The standard InChI is InChI=1S/C15H22F3NO2/c1-3-10-20-11-9-13(19-4-2)12-7-5-6-8-14(12)21-15(16,17)18/h5-8,13,19H,3-4,9-11H2,1-2H3. The Morgan fingerprint density at radius 2 is 1.86 bits per heavy atom. The molecule has 1 unspecified atom stereocenters. The Hall–Kier alpha value is -1.27. The van der Waals surface area contributed by atoms with Gasteiger partial charge in [0.1, 0.15) is 5.75 Å². The number of hydrogen-bond acceptors (Lipinski definition) is 3. The average Bonchev–Trinajstić information content (AvgIpc) is 2.41. The Balaban J connectivity index is 2.81. The topological polar surface area (TPSA) is 30.5 Å². The van der Waals surface area contributed by atoms with Crippen LogP contribution in [0.4, 0.5) is 13.2 Å². The third-order valence-corrected chi connectivity index (χ3v) is 2.87. The van der Waals surface area contributed by atoms with Crippen LogP contribution in [0.15, 0.2) is 24.3 Å². The molecule has 0 aliphatic rings. The van der Waals surface area contributed by atoms with Crippen LogP contribution < -0.4 is 10.1 Å². The molecule has 1 N–H and O–H groups in total. The van der Waals surface area contributed by atoms with Crippen LogP contribution in [0.5, 0.6) is 5.75 Å². The highest BCUT2D eigenvalue weighted by molar-refractivity contribution is 5.36. The largest absolute Gasteiger partial charge is 0.573 e. The van der Waals surface area contributed by atoms with E-state index in [-0.39, 0.29) is 11.8 Å². The number of ether oxygens (including phenoxy) is 2. The van der Waals surface area contributed by atoms with Gasteiger partial charge in [0.25, 0.3) is 0 Å². The highest BCUT2D eigenvalue weighted by Gasteiger charge is 2.32. The molecule has 0 radical (unpaired) electrons. The molecule has 0 spiro atoms. The van der Waals surface area contributed by atoms with Crippen LogP contribution in [0.3, 0.4) is 0 Å². The minimum absolute atomic E-state index is 0.161.